The van der Waals surface area contributed by atoms with Crippen LogP contribution in [-0.2, 0) is 16.6 Å². The molecule has 7 heteroatoms. The maximum absolute atomic E-state index is 12.4. The van der Waals surface area contributed by atoms with Crippen molar-refractivity contribution in [2.45, 2.75) is 27.3 Å². The number of nitrogens with zero attached hydrogens (tertiary/aromatic N) is 1. The fourth-order valence-corrected chi connectivity index (χ4v) is 3.85. The second-order valence-electron chi connectivity index (χ2n) is 5.84. The lowest BCUT2D eigenvalue weighted by Gasteiger charge is -2.22. The van der Waals surface area contributed by atoms with E-state index in [1.807, 2.05) is 31.2 Å². The van der Waals surface area contributed by atoms with Crippen LogP contribution in [0.15, 0.2) is 48.5 Å². The van der Waals surface area contributed by atoms with Crippen molar-refractivity contribution in [3.05, 3.63) is 59.7 Å². The van der Waals surface area contributed by atoms with E-state index in [-0.39, 0.29) is 11.7 Å². The molecule has 6 nitrogen and oxygen atoms in total. The Hall–Kier alpha value is -2.54. The number of carbonyl (C=O) groups is 1. The summed E-state index contributed by atoms with van der Waals surface area (Å²) in [4.78, 5) is 12.4. The normalized spacial score (nSPS) is 11.1. The van der Waals surface area contributed by atoms with Crippen molar-refractivity contribution in [2.24, 2.45) is 0 Å². The van der Waals surface area contributed by atoms with Crippen molar-refractivity contribution in [3.63, 3.8) is 0 Å². The number of sulfonamides is 1. The van der Waals surface area contributed by atoms with Crippen LogP contribution in [0.4, 0.5) is 5.69 Å². The number of amides is 1. The molecule has 0 bridgehead atoms. The quantitative estimate of drug-likeness (QED) is 0.713. The smallest absolute Gasteiger partial charge is 0.251 e. The van der Waals surface area contributed by atoms with Gasteiger partial charge in [-0.15, -0.1) is 0 Å². The van der Waals surface area contributed by atoms with Gasteiger partial charge in [-0.3, -0.25) is 9.10 Å². The maximum atomic E-state index is 12.4. The third-order valence-corrected chi connectivity index (χ3v) is 5.99. The molecule has 0 aliphatic rings. The molecular weight excluding hydrogens is 364 g/mol. The lowest BCUT2D eigenvalue weighted by atomic mass is 10.1. The van der Waals surface area contributed by atoms with Gasteiger partial charge in [0.05, 0.1) is 18.0 Å². The van der Waals surface area contributed by atoms with Crippen molar-refractivity contribution >= 4 is 21.6 Å². The van der Waals surface area contributed by atoms with Crippen molar-refractivity contribution in [3.8, 4) is 5.75 Å². The van der Waals surface area contributed by atoms with Crippen molar-refractivity contribution in [1.29, 1.82) is 0 Å². The molecule has 0 heterocycles. The van der Waals surface area contributed by atoms with E-state index in [9.17, 15) is 13.2 Å². The van der Waals surface area contributed by atoms with Gasteiger partial charge in [0.2, 0.25) is 10.0 Å². The van der Waals surface area contributed by atoms with Crippen LogP contribution in [0.3, 0.4) is 0 Å². The van der Waals surface area contributed by atoms with Gasteiger partial charge >= 0.3 is 0 Å². The SMILES string of the molecule is CCOc1ccccc1CNC(=O)c1ccc(N(CC)S(=O)(=O)CC)cc1. The average molecular weight is 391 g/mol. The fourth-order valence-electron chi connectivity index (χ4n) is 2.70. The molecule has 146 valence electrons. The molecule has 2 aromatic rings. The Bertz CT molecular complexity index is 864. The molecule has 0 unspecified atom stereocenters. The average Bonchev–Trinajstić information content (AvgIpc) is 2.68. The third kappa shape index (κ3) is 5.23. The number of anilines is 1. The van der Waals surface area contributed by atoms with Crippen LogP contribution in [0.25, 0.3) is 0 Å². The molecule has 2 rings (SSSR count). The topological polar surface area (TPSA) is 75.7 Å². The molecule has 2 aromatic carbocycles. The molecule has 0 saturated heterocycles. The van der Waals surface area contributed by atoms with E-state index in [2.05, 4.69) is 5.32 Å². The highest BCUT2D eigenvalue weighted by Gasteiger charge is 2.19. The molecule has 0 saturated carbocycles. The minimum atomic E-state index is -3.33. The number of benzene rings is 2. The standard InChI is InChI=1S/C20H26N2O4S/c1-4-22(27(24,25)6-3)18-13-11-16(12-14-18)20(23)21-15-17-9-7-8-10-19(17)26-5-2/h7-14H,4-6,15H2,1-3H3,(H,21,23). The van der Waals surface area contributed by atoms with Crippen LogP contribution < -0.4 is 14.4 Å². The summed E-state index contributed by atoms with van der Waals surface area (Å²) < 4.78 is 31.2. The minimum absolute atomic E-state index is 0.0301. The van der Waals surface area contributed by atoms with Gasteiger partial charge in [-0.05, 0) is 51.1 Å². The van der Waals surface area contributed by atoms with Crippen LogP contribution >= 0.6 is 0 Å². The predicted molar refractivity (Wildman–Crippen MR) is 108 cm³/mol. The summed E-state index contributed by atoms with van der Waals surface area (Å²) in [5.41, 5.74) is 1.92. The van der Waals surface area contributed by atoms with E-state index in [0.717, 1.165) is 11.3 Å². The van der Waals surface area contributed by atoms with Gasteiger partial charge in [0.25, 0.3) is 5.91 Å². The molecule has 0 spiro atoms. The van der Waals surface area contributed by atoms with Crippen molar-refractivity contribution in [2.75, 3.05) is 23.2 Å². The van der Waals surface area contributed by atoms with Gasteiger partial charge < -0.3 is 10.1 Å². The third-order valence-electron chi connectivity index (χ3n) is 4.12. The number of rotatable bonds is 9. The summed E-state index contributed by atoms with van der Waals surface area (Å²) >= 11 is 0. The Balaban J connectivity index is 2.08. The molecule has 0 fully saturated rings. The highest BCUT2D eigenvalue weighted by Crippen LogP contribution is 2.20. The number of para-hydroxylation sites is 1. The Morgan fingerprint density at radius 3 is 2.30 bits per heavy atom. The zero-order chi connectivity index (χ0) is 19.9. The maximum Gasteiger partial charge on any atom is 0.251 e. The number of nitrogens with one attached hydrogen (secondary N) is 1. The summed E-state index contributed by atoms with van der Waals surface area (Å²) in [5.74, 6) is 0.552. The molecular formula is C20H26N2O4S. The monoisotopic (exact) mass is 390 g/mol. The molecule has 0 radical (unpaired) electrons. The van der Waals surface area contributed by atoms with Crippen molar-refractivity contribution < 1.29 is 17.9 Å². The second kappa shape index (κ2) is 9.41. The number of hydrogen-bond acceptors (Lipinski definition) is 4. The Morgan fingerprint density at radius 2 is 1.70 bits per heavy atom. The summed E-state index contributed by atoms with van der Waals surface area (Å²) in [6, 6.07) is 14.1. The first kappa shape index (κ1) is 20.8. The molecule has 0 aliphatic carbocycles. The largest absolute Gasteiger partial charge is 0.494 e. The lowest BCUT2D eigenvalue weighted by molar-refractivity contribution is 0.0950. The summed E-state index contributed by atoms with van der Waals surface area (Å²) in [7, 11) is -3.33. The lowest BCUT2D eigenvalue weighted by Crippen LogP contribution is -2.32. The van der Waals surface area contributed by atoms with E-state index < -0.39 is 10.0 Å². The molecule has 1 amide bonds. The van der Waals surface area contributed by atoms with Gasteiger partial charge in [0.1, 0.15) is 5.75 Å². The minimum Gasteiger partial charge on any atom is -0.494 e. The van der Waals surface area contributed by atoms with Crippen LogP contribution in [0.2, 0.25) is 0 Å². The first-order valence-electron chi connectivity index (χ1n) is 9.02. The van der Waals surface area contributed by atoms with E-state index in [1.165, 1.54) is 4.31 Å². The molecule has 0 atom stereocenters. The van der Waals surface area contributed by atoms with E-state index in [0.29, 0.717) is 30.9 Å². The van der Waals surface area contributed by atoms with Crippen LogP contribution in [0, 0.1) is 0 Å². The molecule has 27 heavy (non-hydrogen) atoms. The Kier molecular flexibility index (Phi) is 7.24. The van der Waals surface area contributed by atoms with E-state index in [4.69, 9.17) is 4.74 Å². The highest BCUT2D eigenvalue weighted by molar-refractivity contribution is 7.92. The molecule has 0 aromatic heterocycles. The van der Waals surface area contributed by atoms with Gasteiger partial charge in [-0.25, -0.2) is 8.42 Å². The van der Waals surface area contributed by atoms with Gasteiger partial charge in [-0.2, -0.15) is 0 Å². The summed E-state index contributed by atoms with van der Waals surface area (Å²) in [6.45, 7) is 6.55. The zero-order valence-electron chi connectivity index (χ0n) is 15.9. The number of carbonyl (C=O) groups excluding carboxylic acids is 1. The predicted octanol–water partition coefficient (Wildman–Crippen LogP) is 3.19. The highest BCUT2D eigenvalue weighted by atomic mass is 32.2. The van der Waals surface area contributed by atoms with Crippen LogP contribution in [0.5, 0.6) is 5.75 Å². The summed E-state index contributed by atoms with van der Waals surface area (Å²) in [5, 5.41) is 2.87. The number of hydrogen-bond donors (Lipinski definition) is 1. The van der Waals surface area contributed by atoms with Crippen LogP contribution in [0.1, 0.15) is 36.7 Å². The van der Waals surface area contributed by atoms with E-state index >= 15 is 0 Å². The Labute approximate surface area is 161 Å². The molecule has 0 aliphatic heterocycles. The number of ether oxygens (including phenoxy) is 1. The summed E-state index contributed by atoms with van der Waals surface area (Å²) in [6.07, 6.45) is 0. The van der Waals surface area contributed by atoms with Crippen molar-refractivity contribution in [1.82, 2.24) is 5.32 Å². The van der Waals surface area contributed by atoms with Gasteiger partial charge in [0, 0.05) is 24.2 Å². The fraction of sp³-hybridized carbons (Fsp3) is 0.350. The Morgan fingerprint density at radius 1 is 1.04 bits per heavy atom. The van der Waals surface area contributed by atoms with Crippen LogP contribution in [-0.4, -0.2) is 33.2 Å². The van der Waals surface area contributed by atoms with Gasteiger partial charge in [0.15, 0.2) is 0 Å². The van der Waals surface area contributed by atoms with Gasteiger partial charge in [-0.1, -0.05) is 18.2 Å². The second-order valence-corrected chi connectivity index (χ2v) is 8.02. The first-order chi connectivity index (χ1) is 12.9. The zero-order valence-corrected chi connectivity index (χ0v) is 16.8. The first-order valence-corrected chi connectivity index (χ1v) is 10.6. The van der Waals surface area contributed by atoms with E-state index in [1.54, 1.807) is 38.1 Å². The molecule has 1 N–H and O–H groups in total.